The van der Waals surface area contributed by atoms with Gasteiger partial charge in [0.05, 0.1) is 5.92 Å². The number of carboxylic acids is 1. The summed E-state index contributed by atoms with van der Waals surface area (Å²) in [4.78, 5) is 10.4. The summed E-state index contributed by atoms with van der Waals surface area (Å²) in [7, 11) is 0. The monoisotopic (exact) mass is 170 g/mol. The van der Waals surface area contributed by atoms with Crippen molar-refractivity contribution in [2.75, 3.05) is 0 Å². The minimum absolute atomic E-state index is 0. The molecule has 0 bridgehead atoms. The van der Waals surface area contributed by atoms with E-state index in [-0.39, 0.29) is 43.7 Å². The van der Waals surface area contributed by atoms with Gasteiger partial charge in [0.15, 0.2) is 0 Å². The van der Waals surface area contributed by atoms with Gasteiger partial charge in [-0.05, 0) is 12.8 Å². The van der Waals surface area contributed by atoms with E-state index in [4.69, 9.17) is 5.11 Å². The first kappa shape index (κ1) is 10.7. The van der Waals surface area contributed by atoms with Gasteiger partial charge in [0.2, 0.25) is 0 Å². The first-order valence-electron chi connectivity index (χ1n) is 3.53. The predicted molar refractivity (Wildman–Crippen MR) is 42.8 cm³/mol. The van der Waals surface area contributed by atoms with Gasteiger partial charge < -0.3 is 5.11 Å². The van der Waals surface area contributed by atoms with E-state index in [0.29, 0.717) is 0 Å². The Kier molecular flexibility index (Phi) is 5.78. The van der Waals surface area contributed by atoms with Crippen molar-refractivity contribution in [2.45, 2.75) is 32.1 Å². The SMILES string of the molecule is O=C(O)C1CCCCC1.[CaH2]. The van der Waals surface area contributed by atoms with Crippen LogP contribution in [0.3, 0.4) is 0 Å². The molecule has 0 spiro atoms. The van der Waals surface area contributed by atoms with Crippen LogP contribution >= 0.6 is 0 Å². The van der Waals surface area contributed by atoms with Crippen LogP contribution in [-0.2, 0) is 4.79 Å². The second-order valence-electron chi connectivity index (χ2n) is 2.67. The molecular formula is C7H14CaO2. The standard InChI is InChI=1S/C7H12O2.Ca.2H/c8-7(9)6-4-2-1-3-5-6;;;/h6H,1-5H2,(H,8,9);;;. The van der Waals surface area contributed by atoms with Crippen LogP contribution in [0.4, 0.5) is 0 Å². The van der Waals surface area contributed by atoms with Gasteiger partial charge in [0.1, 0.15) is 0 Å². The predicted octanol–water partition coefficient (Wildman–Crippen LogP) is 0.735. The summed E-state index contributed by atoms with van der Waals surface area (Å²) < 4.78 is 0. The summed E-state index contributed by atoms with van der Waals surface area (Å²) in [5.74, 6) is -0.631. The molecule has 1 rings (SSSR count). The molecule has 0 radical (unpaired) electrons. The molecule has 10 heavy (non-hydrogen) atoms. The first-order valence-corrected chi connectivity index (χ1v) is 3.53. The number of aliphatic carboxylic acids is 1. The number of hydrogen-bond donors (Lipinski definition) is 1. The Hall–Kier alpha value is 0.730. The van der Waals surface area contributed by atoms with E-state index in [1.54, 1.807) is 0 Å². The van der Waals surface area contributed by atoms with Gasteiger partial charge in [-0.25, -0.2) is 0 Å². The second kappa shape index (κ2) is 5.39. The van der Waals surface area contributed by atoms with Crippen molar-refractivity contribution >= 4 is 43.7 Å². The Balaban J connectivity index is 0.000000810. The Morgan fingerprint density at radius 2 is 1.70 bits per heavy atom. The summed E-state index contributed by atoms with van der Waals surface area (Å²) >= 11 is 0. The summed E-state index contributed by atoms with van der Waals surface area (Å²) in [6, 6.07) is 0. The zero-order valence-corrected chi connectivity index (χ0v) is 5.47. The molecule has 0 aromatic carbocycles. The quantitative estimate of drug-likeness (QED) is 0.589. The zero-order valence-electron chi connectivity index (χ0n) is 5.47. The third-order valence-electron chi connectivity index (χ3n) is 1.95. The maximum absolute atomic E-state index is 10.4. The van der Waals surface area contributed by atoms with Crippen LogP contribution in [0.1, 0.15) is 32.1 Å². The molecule has 0 atom stereocenters. The number of carboxylic acid groups (broad SMARTS) is 1. The van der Waals surface area contributed by atoms with E-state index in [9.17, 15) is 4.79 Å². The fraction of sp³-hybridized carbons (Fsp3) is 0.857. The van der Waals surface area contributed by atoms with Crippen LogP contribution in [0, 0.1) is 5.92 Å². The van der Waals surface area contributed by atoms with E-state index >= 15 is 0 Å². The van der Waals surface area contributed by atoms with E-state index in [0.717, 1.165) is 25.7 Å². The molecule has 0 aromatic heterocycles. The first-order chi connectivity index (χ1) is 4.30. The number of hydrogen-bond acceptors (Lipinski definition) is 1. The van der Waals surface area contributed by atoms with Gasteiger partial charge in [-0.2, -0.15) is 0 Å². The molecule has 0 heterocycles. The molecule has 0 aliphatic heterocycles. The topological polar surface area (TPSA) is 37.3 Å². The van der Waals surface area contributed by atoms with E-state index in [1.165, 1.54) is 6.42 Å². The van der Waals surface area contributed by atoms with E-state index in [2.05, 4.69) is 0 Å². The molecule has 1 saturated carbocycles. The van der Waals surface area contributed by atoms with Gasteiger partial charge >= 0.3 is 43.7 Å². The van der Waals surface area contributed by atoms with Crippen LogP contribution in [0.25, 0.3) is 0 Å². The van der Waals surface area contributed by atoms with E-state index < -0.39 is 5.97 Å². The Labute approximate surface area is 91.0 Å². The normalized spacial score (nSPS) is 19.6. The molecule has 1 aliphatic rings. The molecule has 0 amide bonds. The van der Waals surface area contributed by atoms with Gasteiger partial charge in [0.25, 0.3) is 0 Å². The minimum atomic E-state index is -0.602. The second-order valence-corrected chi connectivity index (χ2v) is 2.67. The van der Waals surface area contributed by atoms with Crippen LogP contribution in [-0.4, -0.2) is 48.8 Å². The fourth-order valence-corrected chi connectivity index (χ4v) is 1.35. The van der Waals surface area contributed by atoms with Crippen molar-refractivity contribution in [3.05, 3.63) is 0 Å². The van der Waals surface area contributed by atoms with Crippen molar-refractivity contribution in [3.8, 4) is 0 Å². The van der Waals surface area contributed by atoms with Gasteiger partial charge in [-0.1, -0.05) is 19.3 Å². The maximum atomic E-state index is 10.4. The van der Waals surface area contributed by atoms with Crippen molar-refractivity contribution in [2.24, 2.45) is 5.92 Å². The van der Waals surface area contributed by atoms with E-state index in [1.807, 2.05) is 0 Å². The summed E-state index contributed by atoms with van der Waals surface area (Å²) in [5.41, 5.74) is 0. The Morgan fingerprint density at radius 3 is 2.00 bits per heavy atom. The molecule has 1 fully saturated rings. The molecule has 56 valence electrons. The molecule has 1 N–H and O–H groups in total. The summed E-state index contributed by atoms with van der Waals surface area (Å²) in [6.45, 7) is 0. The van der Waals surface area contributed by atoms with Crippen LogP contribution in [0.15, 0.2) is 0 Å². The molecule has 0 aromatic rings. The summed E-state index contributed by atoms with van der Waals surface area (Å²) in [6.07, 6.45) is 5.24. The molecule has 2 nitrogen and oxygen atoms in total. The van der Waals surface area contributed by atoms with Crippen molar-refractivity contribution in [1.29, 1.82) is 0 Å². The van der Waals surface area contributed by atoms with Gasteiger partial charge in [-0.3, -0.25) is 4.79 Å². The molecule has 3 heteroatoms. The number of rotatable bonds is 1. The fourth-order valence-electron chi connectivity index (χ4n) is 1.35. The van der Waals surface area contributed by atoms with Crippen LogP contribution in [0.2, 0.25) is 0 Å². The van der Waals surface area contributed by atoms with Crippen LogP contribution in [0.5, 0.6) is 0 Å². The number of carbonyl (C=O) groups is 1. The molecule has 0 unspecified atom stereocenters. The third kappa shape index (κ3) is 3.22. The molecule has 1 aliphatic carbocycles. The third-order valence-corrected chi connectivity index (χ3v) is 1.95. The van der Waals surface area contributed by atoms with Crippen molar-refractivity contribution < 1.29 is 9.90 Å². The zero-order chi connectivity index (χ0) is 6.69. The average molecular weight is 170 g/mol. The van der Waals surface area contributed by atoms with Crippen molar-refractivity contribution in [1.82, 2.24) is 0 Å². The summed E-state index contributed by atoms with van der Waals surface area (Å²) in [5, 5.41) is 8.54. The van der Waals surface area contributed by atoms with Gasteiger partial charge in [-0.15, -0.1) is 0 Å². The molecule has 0 saturated heterocycles. The average Bonchev–Trinajstić information content (AvgIpc) is 1.90. The van der Waals surface area contributed by atoms with Gasteiger partial charge in [0, 0.05) is 0 Å². The van der Waals surface area contributed by atoms with Crippen molar-refractivity contribution in [3.63, 3.8) is 0 Å². The Morgan fingerprint density at radius 1 is 1.20 bits per heavy atom. The molecular weight excluding hydrogens is 156 g/mol. The Bertz CT molecular complexity index is 108. The van der Waals surface area contributed by atoms with Crippen LogP contribution < -0.4 is 0 Å².